The first-order valence-corrected chi connectivity index (χ1v) is 8.75. The lowest BCUT2D eigenvalue weighted by atomic mass is 9.94. The number of nitrogens with zero attached hydrogens (tertiary/aromatic N) is 1. The molecule has 2 N–H and O–H groups in total. The smallest absolute Gasteiger partial charge is 0.0558 e. The molecule has 3 nitrogen and oxygen atoms in total. The summed E-state index contributed by atoms with van der Waals surface area (Å²) in [6.45, 7) is 5.69. The van der Waals surface area contributed by atoms with Crippen LogP contribution in [0.3, 0.4) is 0 Å². The Labute approximate surface area is 145 Å². The zero-order valence-electron chi connectivity index (χ0n) is 14.7. The van der Waals surface area contributed by atoms with Gasteiger partial charge in [-0.15, -0.1) is 0 Å². The van der Waals surface area contributed by atoms with E-state index >= 15 is 0 Å². The van der Waals surface area contributed by atoms with E-state index in [2.05, 4.69) is 67.3 Å². The van der Waals surface area contributed by atoms with Crippen molar-refractivity contribution in [1.29, 1.82) is 0 Å². The van der Waals surface area contributed by atoms with Crippen molar-refractivity contribution in [2.75, 3.05) is 26.3 Å². The molecule has 0 bridgehead atoms. The van der Waals surface area contributed by atoms with Crippen LogP contribution in [0.25, 0.3) is 0 Å². The molecule has 0 aliphatic heterocycles. The van der Waals surface area contributed by atoms with E-state index in [4.69, 9.17) is 0 Å². The van der Waals surface area contributed by atoms with Crippen LogP contribution in [0, 0.1) is 0 Å². The van der Waals surface area contributed by atoms with Crippen LogP contribution in [-0.2, 0) is 6.42 Å². The number of benzene rings is 2. The van der Waals surface area contributed by atoms with Crippen molar-refractivity contribution in [2.45, 2.75) is 32.2 Å². The molecule has 0 saturated carbocycles. The van der Waals surface area contributed by atoms with Crippen LogP contribution < -0.4 is 0 Å². The summed E-state index contributed by atoms with van der Waals surface area (Å²) in [5.41, 5.74) is 3.81. The van der Waals surface area contributed by atoms with Crippen LogP contribution in [0.5, 0.6) is 0 Å². The topological polar surface area (TPSA) is 43.7 Å². The third-order valence-corrected chi connectivity index (χ3v) is 4.47. The van der Waals surface area contributed by atoms with Gasteiger partial charge in [0.15, 0.2) is 0 Å². The summed E-state index contributed by atoms with van der Waals surface area (Å²) in [7, 11) is 0. The highest BCUT2D eigenvalue weighted by Gasteiger charge is 2.20. The predicted octanol–water partition coefficient (Wildman–Crippen LogP) is 3.38. The van der Waals surface area contributed by atoms with Crippen molar-refractivity contribution < 1.29 is 10.2 Å². The van der Waals surface area contributed by atoms with Gasteiger partial charge in [0, 0.05) is 19.1 Å². The van der Waals surface area contributed by atoms with Crippen molar-refractivity contribution in [3.63, 3.8) is 0 Å². The fraction of sp³-hybridized carbons (Fsp3) is 0.429. The Morgan fingerprint density at radius 1 is 0.792 bits per heavy atom. The van der Waals surface area contributed by atoms with Crippen LogP contribution in [-0.4, -0.2) is 41.4 Å². The number of hydrogen-bond acceptors (Lipinski definition) is 3. The Kier molecular flexibility index (Phi) is 7.44. The molecule has 0 fully saturated rings. The van der Waals surface area contributed by atoms with Crippen molar-refractivity contribution in [2.24, 2.45) is 0 Å². The average molecular weight is 327 g/mol. The minimum atomic E-state index is 0.0926. The van der Waals surface area contributed by atoms with Gasteiger partial charge in [-0.25, -0.2) is 0 Å². The lowest BCUT2D eigenvalue weighted by Gasteiger charge is -2.31. The molecule has 0 heterocycles. The third kappa shape index (κ3) is 5.17. The van der Waals surface area contributed by atoms with Crippen molar-refractivity contribution in [3.8, 4) is 0 Å². The van der Waals surface area contributed by atoms with Crippen LogP contribution >= 0.6 is 0 Å². The van der Waals surface area contributed by atoms with Gasteiger partial charge in [0.1, 0.15) is 0 Å². The minimum absolute atomic E-state index is 0.0926. The lowest BCUT2D eigenvalue weighted by molar-refractivity contribution is 0.121. The molecule has 0 radical (unpaired) electrons. The maximum absolute atomic E-state index is 9.42. The predicted molar refractivity (Wildman–Crippen MR) is 99.2 cm³/mol. The highest BCUT2D eigenvalue weighted by atomic mass is 16.3. The van der Waals surface area contributed by atoms with E-state index in [1.165, 1.54) is 16.7 Å². The van der Waals surface area contributed by atoms with E-state index < -0.39 is 0 Å². The van der Waals surface area contributed by atoms with E-state index in [9.17, 15) is 10.2 Å². The fourth-order valence-corrected chi connectivity index (χ4v) is 3.08. The molecule has 2 aromatic rings. The number of aliphatic hydroxyl groups excluding tert-OH is 2. The third-order valence-electron chi connectivity index (χ3n) is 4.47. The molecule has 2 rings (SSSR count). The molecule has 2 aromatic carbocycles. The SMILES string of the molecule is CC(C)c1ccc(C(Cc2ccccc2)N(CCO)CCO)cc1. The Morgan fingerprint density at radius 3 is 1.83 bits per heavy atom. The van der Waals surface area contributed by atoms with Gasteiger partial charge in [0.25, 0.3) is 0 Å². The molecule has 0 spiro atoms. The molecule has 1 unspecified atom stereocenters. The Hall–Kier alpha value is -1.68. The highest BCUT2D eigenvalue weighted by molar-refractivity contribution is 5.29. The maximum Gasteiger partial charge on any atom is 0.0558 e. The van der Waals surface area contributed by atoms with Gasteiger partial charge in [0.05, 0.1) is 13.2 Å². The lowest BCUT2D eigenvalue weighted by Crippen LogP contribution is -2.35. The second-order valence-electron chi connectivity index (χ2n) is 6.51. The van der Waals surface area contributed by atoms with E-state index in [1.807, 2.05) is 6.07 Å². The Morgan fingerprint density at radius 2 is 1.33 bits per heavy atom. The molecule has 0 aliphatic carbocycles. The normalized spacial score (nSPS) is 12.8. The summed E-state index contributed by atoms with van der Waals surface area (Å²) in [5, 5.41) is 18.8. The summed E-state index contributed by atoms with van der Waals surface area (Å²) in [6, 6.07) is 19.3. The molecular weight excluding hydrogens is 298 g/mol. The standard InChI is InChI=1S/C21H29NO2/c1-17(2)19-8-10-20(11-9-19)21(22(12-14-23)13-15-24)16-18-6-4-3-5-7-18/h3-11,17,21,23-24H,12-16H2,1-2H3. The monoisotopic (exact) mass is 327 g/mol. The molecule has 0 amide bonds. The first kappa shape index (κ1) is 18.7. The Bertz CT molecular complexity index is 575. The van der Waals surface area contributed by atoms with Crippen LogP contribution in [0.2, 0.25) is 0 Å². The van der Waals surface area contributed by atoms with Gasteiger partial charge >= 0.3 is 0 Å². The van der Waals surface area contributed by atoms with Crippen LogP contribution in [0.1, 0.15) is 42.5 Å². The molecule has 3 heteroatoms. The Balaban J connectivity index is 2.29. The number of aliphatic hydroxyl groups is 2. The quantitative estimate of drug-likeness (QED) is 0.742. The zero-order valence-corrected chi connectivity index (χ0v) is 14.7. The molecule has 0 aromatic heterocycles. The van der Waals surface area contributed by atoms with Gasteiger partial charge in [-0.05, 0) is 29.0 Å². The van der Waals surface area contributed by atoms with Gasteiger partial charge in [-0.2, -0.15) is 0 Å². The molecule has 0 aliphatic rings. The van der Waals surface area contributed by atoms with E-state index in [0.717, 1.165) is 6.42 Å². The first-order chi connectivity index (χ1) is 11.7. The first-order valence-electron chi connectivity index (χ1n) is 8.75. The maximum atomic E-state index is 9.42. The van der Waals surface area contributed by atoms with Gasteiger partial charge in [-0.3, -0.25) is 4.90 Å². The van der Waals surface area contributed by atoms with Crippen molar-refractivity contribution in [1.82, 2.24) is 4.90 Å². The molecular formula is C21H29NO2. The van der Waals surface area contributed by atoms with Crippen LogP contribution in [0.4, 0.5) is 0 Å². The molecule has 1 atom stereocenters. The minimum Gasteiger partial charge on any atom is -0.395 e. The number of rotatable bonds is 9. The van der Waals surface area contributed by atoms with Gasteiger partial charge in [0.2, 0.25) is 0 Å². The summed E-state index contributed by atoms with van der Waals surface area (Å²) in [5.74, 6) is 0.512. The van der Waals surface area contributed by atoms with E-state index in [-0.39, 0.29) is 19.3 Å². The van der Waals surface area contributed by atoms with E-state index in [1.54, 1.807) is 0 Å². The second kappa shape index (κ2) is 9.58. The second-order valence-corrected chi connectivity index (χ2v) is 6.51. The molecule has 130 valence electrons. The fourth-order valence-electron chi connectivity index (χ4n) is 3.08. The zero-order chi connectivity index (χ0) is 17.4. The van der Waals surface area contributed by atoms with Crippen molar-refractivity contribution in [3.05, 3.63) is 71.3 Å². The molecule has 0 saturated heterocycles. The summed E-state index contributed by atoms with van der Waals surface area (Å²) in [6.07, 6.45) is 0.863. The van der Waals surface area contributed by atoms with E-state index in [0.29, 0.717) is 19.0 Å². The van der Waals surface area contributed by atoms with Gasteiger partial charge < -0.3 is 10.2 Å². The largest absolute Gasteiger partial charge is 0.395 e. The summed E-state index contributed by atoms with van der Waals surface area (Å²) >= 11 is 0. The van der Waals surface area contributed by atoms with Gasteiger partial charge in [-0.1, -0.05) is 68.4 Å². The highest BCUT2D eigenvalue weighted by Crippen LogP contribution is 2.26. The summed E-state index contributed by atoms with van der Waals surface area (Å²) in [4.78, 5) is 2.16. The van der Waals surface area contributed by atoms with Crippen molar-refractivity contribution >= 4 is 0 Å². The number of hydrogen-bond donors (Lipinski definition) is 2. The van der Waals surface area contributed by atoms with Crippen LogP contribution in [0.15, 0.2) is 54.6 Å². The molecule has 24 heavy (non-hydrogen) atoms. The summed E-state index contributed by atoms with van der Waals surface area (Å²) < 4.78 is 0. The average Bonchev–Trinajstić information content (AvgIpc) is 2.60.